The molecule has 0 aliphatic heterocycles. The lowest BCUT2D eigenvalue weighted by Crippen LogP contribution is -2.30. The first-order valence-corrected chi connectivity index (χ1v) is 12.8. The molecule has 0 fully saturated rings. The largest absolute Gasteiger partial charge is 0.481 e. The number of aromatic nitrogens is 2. The molecule has 0 bridgehead atoms. The van der Waals surface area contributed by atoms with E-state index >= 15 is 0 Å². The molecule has 7 nitrogen and oxygen atoms in total. The zero-order valence-electron chi connectivity index (χ0n) is 21.9. The minimum Gasteiger partial charge on any atom is -0.481 e. The van der Waals surface area contributed by atoms with Crippen molar-refractivity contribution < 1.29 is 14.7 Å². The SMILES string of the molecule is Cc1ccc(-c2nc3cc(C(=O)NC(CC(=O)O)c4ccc(C)cc4)ccn3c2NCc2ccccc2)cc1. The predicted molar refractivity (Wildman–Crippen MR) is 153 cm³/mol. The van der Waals surface area contributed by atoms with Gasteiger partial charge in [-0.3, -0.25) is 14.0 Å². The zero-order valence-corrected chi connectivity index (χ0v) is 21.9. The Bertz CT molecular complexity index is 1610. The fourth-order valence-corrected chi connectivity index (χ4v) is 4.52. The van der Waals surface area contributed by atoms with Gasteiger partial charge in [-0.1, -0.05) is 90.0 Å². The Hall–Kier alpha value is -4.91. The van der Waals surface area contributed by atoms with Gasteiger partial charge in [0, 0.05) is 23.9 Å². The molecule has 0 aliphatic carbocycles. The van der Waals surface area contributed by atoms with E-state index in [0.717, 1.165) is 39.3 Å². The topological polar surface area (TPSA) is 95.7 Å². The quantitative estimate of drug-likeness (QED) is 0.217. The highest BCUT2D eigenvalue weighted by Gasteiger charge is 2.21. The van der Waals surface area contributed by atoms with Crippen LogP contribution in [0.4, 0.5) is 5.82 Å². The van der Waals surface area contributed by atoms with Crippen molar-refractivity contribution in [1.29, 1.82) is 0 Å². The van der Waals surface area contributed by atoms with Crippen molar-refractivity contribution in [2.24, 2.45) is 0 Å². The molecular weight excluding hydrogens is 488 g/mol. The van der Waals surface area contributed by atoms with E-state index in [1.807, 2.05) is 91.2 Å². The van der Waals surface area contributed by atoms with Crippen LogP contribution in [0, 0.1) is 13.8 Å². The summed E-state index contributed by atoms with van der Waals surface area (Å²) < 4.78 is 1.93. The van der Waals surface area contributed by atoms with E-state index in [-0.39, 0.29) is 12.3 Å². The Balaban J connectivity index is 1.47. The summed E-state index contributed by atoms with van der Waals surface area (Å²) in [7, 11) is 0. The number of benzene rings is 3. The molecule has 39 heavy (non-hydrogen) atoms. The summed E-state index contributed by atoms with van der Waals surface area (Å²) in [5.74, 6) is -0.516. The number of aliphatic carboxylic acids is 1. The number of carboxylic acid groups (broad SMARTS) is 1. The van der Waals surface area contributed by atoms with Gasteiger partial charge < -0.3 is 15.7 Å². The fraction of sp³-hybridized carbons (Fsp3) is 0.156. The highest BCUT2D eigenvalue weighted by Crippen LogP contribution is 2.30. The second kappa shape index (κ2) is 11.2. The molecule has 2 heterocycles. The number of hydrogen-bond donors (Lipinski definition) is 3. The number of amides is 1. The van der Waals surface area contributed by atoms with Gasteiger partial charge in [0.05, 0.1) is 12.5 Å². The summed E-state index contributed by atoms with van der Waals surface area (Å²) in [5.41, 5.74) is 6.86. The highest BCUT2D eigenvalue weighted by molar-refractivity contribution is 5.96. The minimum atomic E-state index is -0.985. The molecule has 3 aromatic carbocycles. The van der Waals surface area contributed by atoms with E-state index in [1.165, 1.54) is 0 Å². The van der Waals surface area contributed by atoms with Crippen LogP contribution >= 0.6 is 0 Å². The van der Waals surface area contributed by atoms with E-state index < -0.39 is 12.0 Å². The Labute approximate surface area is 227 Å². The molecule has 1 amide bonds. The van der Waals surface area contributed by atoms with E-state index in [2.05, 4.69) is 22.8 Å². The number of carbonyl (C=O) groups excluding carboxylic acids is 1. The third-order valence-corrected chi connectivity index (χ3v) is 6.68. The second-order valence-corrected chi connectivity index (χ2v) is 9.69. The van der Waals surface area contributed by atoms with Crippen molar-refractivity contribution in [3.8, 4) is 11.3 Å². The summed E-state index contributed by atoms with van der Waals surface area (Å²) in [6.07, 6.45) is 1.60. The van der Waals surface area contributed by atoms with Crippen molar-refractivity contribution >= 4 is 23.3 Å². The van der Waals surface area contributed by atoms with Crippen LogP contribution < -0.4 is 10.6 Å². The lowest BCUT2D eigenvalue weighted by atomic mass is 10.0. The van der Waals surface area contributed by atoms with Crippen LogP contribution in [0.3, 0.4) is 0 Å². The molecular formula is C32H30N4O3. The molecule has 2 aromatic heterocycles. The molecule has 0 saturated heterocycles. The first-order chi connectivity index (χ1) is 18.9. The average Bonchev–Trinajstić information content (AvgIpc) is 3.30. The molecule has 5 aromatic rings. The van der Waals surface area contributed by atoms with Gasteiger partial charge in [0.1, 0.15) is 17.2 Å². The molecule has 0 radical (unpaired) electrons. The molecule has 0 saturated carbocycles. The third kappa shape index (κ3) is 5.99. The maximum absolute atomic E-state index is 13.3. The maximum Gasteiger partial charge on any atom is 0.305 e. The number of aryl methyl sites for hydroxylation is 2. The monoisotopic (exact) mass is 518 g/mol. The van der Waals surface area contributed by atoms with Gasteiger partial charge in [-0.25, -0.2) is 4.98 Å². The highest BCUT2D eigenvalue weighted by atomic mass is 16.4. The molecule has 196 valence electrons. The first kappa shape index (κ1) is 25.7. The number of rotatable bonds is 9. The number of fused-ring (bicyclic) bond motifs is 1. The summed E-state index contributed by atoms with van der Waals surface area (Å²) in [5, 5.41) is 15.9. The number of anilines is 1. The predicted octanol–water partition coefficient (Wildman–Crippen LogP) is 6.18. The molecule has 0 spiro atoms. The number of carbonyl (C=O) groups is 2. The van der Waals surface area contributed by atoms with Crippen LogP contribution in [0.25, 0.3) is 16.9 Å². The molecule has 5 rings (SSSR count). The molecule has 3 N–H and O–H groups in total. The standard InChI is InChI=1S/C32H30N4O3/c1-21-8-12-24(13-9-21)27(19-29(37)38)34-32(39)26-16-17-36-28(18-26)35-30(25-14-10-22(2)11-15-25)31(36)33-20-23-6-4-3-5-7-23/h3-18,27,33H,19-20H2,1-2H3,(H,34,39)(H,37,38). The third-order valence-electron chi connectivity index (χ3n) is 6.68. The van der Waals surface area contributed by atoms with Crippen LogP contribution in [0.15, 0.2) is 97.2 Å². The van der Waals surface area contributed by atoms with E-state index in [4.69, 9.17) is 4.98 Å². The number of nitrogens with one attached hydrogen (secondary N) is 2. The van der Waals surface area contributed by atoms with Crippen LogP contribution in [-0.4, -0.2) is 26.4 Å². The summed E-state index contributed by atoms with van der Waals surface area (Å²) in [6, 6.07) is 28.6. The normalized spacial score (nSPS) is 11.7. The van der Waals surface area contributed by atoms with E-state index in [9.17, 15) is 14.7 Å². The van der Waals surface area contributed by atoms with Crippen molar-refractivity contribution in [1.82, 2.24) is 14.7 Å². The number of pyridine rings is 1. The average molecular weight is 519 g/mol. The van der Waals surface area contributed by atoms with Gasteiger partial charge in [-0.2, -0.15) is 0 Å². The van der Waals surface area contributed by atoms with Crippen LogP contribution in [0.5, 0.6) is 0 Å². The summed E-state index contributed by atoms with van der Waals surface area (Å²) in [4.78, 5) is 29.7. The van der Waals surface area contributed by atoms with Crippen molar-refractivity contribution in [2.75, 3.05) is 5.32 Å². The van der Waals surface area contributed by atoms with Gasteiger partial charge in [-0.15, -0.1) is 0 Å². The van der Waals surface area contributed by atoms with Gasteiger partial charge in [0.2, 0.25) is 0 Å². The number of carboxylic acids is 1. The van der Waals surface area contributed by atoms with Gasteiger partial charge in [0.15, 0.2) is 0 Å². The van der Waals surface area contributed by atoms with E-state index in [0.29, 0.717) is 17.8 Å². The Kier molecular flexibility index (Phi) is 7.41. The van der Waals surface area contributed by atoms with E-state index in [1.54, 1.807) is 12.1 Å². The summed E-state index contributed by atoms with van der Waals surface area (Å²) >= 11 is 0. The molecule has 1 unspecified atom stereocenters. The van der Waals surface area contributed by atoms with Gasteiger partial charge >= 0.3 is 5.97 Å². The van der Waals surface area contributed by atoms with Gasteiger partial charge in [-0.05, 0) is 37.1 Å². The van der Waals surface area contributed by atoms with Crippen LogP contribution in [-0.2, 0) is 11.3 Å². The summed E-state index contributed by atoms with van der Waals surface area (Å²) in [6.45, 7) is 4.62. The van der Waals surface area contributed by atoms with Crippen molar-refractivity contribution in [3.63, 3.8) is 0 Å². The lowest BCUT2D eigenvalue weighted by Gasteiger charge is -2.18. The second-order valence-electron chi connectivity index (χ2n) is 9.69. The molecule has 1 atom stereocenters. The number of hydrogen-bond acceptors (Lipinski definition) is 4. The lowest BCUT2D eigenvalue weighted by molar-refractivity contribution is -0.137. The number of imidazole rings is 1. The Morgan fingerprint density at radius 2 is 1.56 bits per heavy atom. The minimum absolute atomic E-state index is 0.217. The maximum atomic E-state index is 13.3. The first-order valence-electron chi connectivity index (χ1n) is 12.8. The van der Waals surface area contributed by atoms with Gasteiger partial charge in [0.25, 0.3) is 5.91 Å². The van der Waals surface area contributed by atoms with Crippen LogP contribution in [0.1, 0.15) is 45.1 Å². The van der Waals surface area contributed by atoms with Crippen molar-refractivity contribution in [2.45, 2.75) is 32.9 Å². The number of nitrogens with zero attached hydrogens (tertiary/aromatic N) is 2. The Morgan fingerprint density at radius 3 is 2.23 bits per heavy atom. The smallest absolute Gasteiger partial charge is 0.305 e. The van der Waals surface area contributed by atoms with Crippen molar-refractivity contribution in [3.05, 3.63) is 125 Å². The van der Waals surface area contributed by atoms with Crippen LogP contribution in [0.2, 0.25) is 0 Å². The molecule has 0 aliphatic rings. The Morgan fingerprint density at radius 1 is 0.897 bits per heavy atom. The molecule has 7 heteroatoms. The zero-order chi connectivity index (χ0) is 27.4. The fourth-order valence-electron chi connectivity index (χ4n) is 4.52.